The van der Waals surface area contributed by atoms with Gasteiger partial charge >= 0.3 is 6.03 Å². The van der Waals surface area contributed by atoms with E-state index in [1.807, 2.05) is 54.6 Å². The molecule has 5 rings (SSSR count). The van der Waals surface area contributed by atoms with Crippen molar-refractivity contribution in [2.45, 2.75) is 136 Å². The Morgan fingerprint density at radius 3 is 1.86 bits per heavy atom. The van der Waals surface area contributed by atoms with E-state index in [2.05, 4.69) is 84.8 Å². The van der Waals surface area contributed by atoms with Crippen molar-refractivity contribution >= 4 is 6.03 Å². The summed E-state index contributed by atoms with van der Waals surface area (Å²) in [6, 6.07) is 34.7. The quantitative estimate of drug-likeness (QED) is 0.0618. The number of urea groups is 1. The molecule has 1 heterocycles. The molecule has 0 saturated carbocycles. The maximum atomic E-state index is 12.7. The molecule has 1 aliphatic heterocycles. The van der Waals surface area contributed by atoms with Gasteiger partial charge in [-0.25, -0.2) is 4.79 Å². The van der Waals surface area contributed by atoms with Gasteiger partial charge in [0, 0.05) is 31.1 Å². The largest absolute Gasteiger partial charge is 0.392 e. The van der Waals surface area contributed by atoms with Crippen LogP contribution in [0.2, 0.25) is 0 Å². The molecule has 1 fully saturated rings. The second-order valence-electron chi connectivity index (χ2n) is 16.0. The van der Waals surface area contributed by atoms with Crippen LogP contribution in [0.15, 0.2) is 103 Å². The number of amides is 2. The molecular formula is C50H69N3O4. The number of aliphatic hydroxyl groups is 1. The Balaban J connectivity index is 1.29. The number of aliphatic hydroxyl groups excluding tert-OH is 1. The number of benzene rings is 4. The molecule has 2 amide bonds. The summed E-state index contributed by atoms with van der Waals surface area (Å²) in [5, 5.41) is 15.7. The fourth-order valence-corrected chi connectivity index (χ4v) is 7.90. The summed E-state index contributed by atoms with van der Waals surface area (Å²) in [6.45, 7) is 10.8. The van der Waals surface area contributed by atoms with Gasteiger partial charge in [-0.05, 0) is 59.3 Å². The maximum absolute atomic E-state index is 12.7. The number of unbranched alkanes of at least 4 members (excludes halogenated alkanes) is 10. The Hall–Kier alpha value is -4.01. The van der Waals surface area contributed by atoms with E-state index in [0.29, 0.717) is 13.1 Å². The van der Waals surface area contributed by atoms with Crippen molar-refractivity contribution in [2.24, 2.45) is 5.92 Å². The molecule has 4 unspecified atom stereocenters. The predicted molar refractivity (Wildman–Crippen MR) is 234 cm³/mol. The lowest BCUT2D eigenvalue weighted by molar-refractivity contribution is -0.276. The summed E-state index contributed by atoms with van der Waals surface area (Å²) in [5.74, 6) is 0.140. The van der Waals surface area contributed by atoms with Gasteiger partial charge in [-0.1, -0.05) is 188 Å². The summed E-state index contributed by atoms with van der Waals surface area (Å²) in [7, 11) is 0. The van der Waals surface area contributed by atoms with Crippen LogP contribution < -0.4 is 10.6 Å². The molecule has 0 radical (unpaired) electrons. The SMILES string of the molecule is CCCCCCCCN(CCCCCCCC)CC1OC(c2ccc(-c3ccccc3CNC(=O)NCc3ccccc3)cc2)OC(c2ccc(CO)cc2)C1C. The second-order valence-corrected chi connectivity index (χ2v) is 16.0. The van der Waals surface area contributed by atoms with Crippen molar-refractivity contribution in [3.8, 4) is 11.1 Å². The predicted octanol–water partition coefficient (Wildman–Crippen LogP) is 11.7. The van der Waals surface area contributed by atoms with Gasteiger partial charge < -0.3 is 30.1 Å². The zero-order valence-electron chi connectivity index (χ0n) is 35.0. The highest BCUT2D eigenvalue weighted by molar-refractivity contribution is 5.75. The molecule has 0 aromatic heterocycles. The minimum absolute atomic E-state index is 0.00837. The zero-order valence-corrected chi connectivity index (χ0v) is 35.0. The Bertz CT molecular complexity index is 1680. The molecule has 7 nitrogen and oxygen atoms in total. The lowest BCUT2D eigenvalue weighted by Gasteiger charge is -2.43. The van der Waals surface area contributed by atoms with E-state index in [1.165, 1.54) is 77.0 Å². The highest BCUT2D eigenvalue weighted by atomic mass is 16.7. The Kier molecular flexibility index (Phi) is 19.1. The number of carbonyl (C=O) groups is 1. The fourth-order valence-electron chi connectivity index (χ4n) is 7.90. The number of ether oxygens (including phenoxy) is 2. The number of nitrogens with one attached hydrogen (secondary N) is 2. The number of rotatable bonds is 24. The lowest BCUT2D eigenvalue weighted by Crippen LogP contribution is -2.45. The highest BCUT2D eigenvalue weighted by Crippen LogP contribution is 2.42. The molecule has 4 aromatic carbocycles. The van der Waals surface area contributed by atoms with Crippen molar-refractivity contribution in [2.75, 3.05) is 19.6 Å². The van der Waals surface area contributed by atoms with E-state index in [4.69, 9.17) is 9.47 Å². The van der Waals surface area contributed by atoms with Gasteiger partial charge in [0.05, 0.1) is 18.8 Å². The third-order valence-electron chi connectivity index (χ3n) is 11.5. The van der Waals surface area contributed by atoms with Crippen LogP contribution in [0, 0.1) is 5.92 Å². The average molecular weight is 776 g/mol. The van der Waals surface area contributed by atoms with Gasteiger partial charge in [-0.3, -0.25) is 0 Å². The van der Waals surface area contributed by atoms with Crippen LogP contribution in [0.4, 0.5) is 4.79 Å². The van der Waals surface area contributed by atoms with Gasteiger partial charge in [0.25, 0.3) is 0 Å². The van der Waals surface area contributed by atoms with Crippen LogP contribution >= 0.6 is 0 Å². The van der Waals surface area contributed by atoms with Crippen molar-refractivity contribution in [1.29, 1.82) is 0 Å². The lowest BCUT2D eigenvalue weighted by atomic mass is 9.89. The third-order valence-corrected chi connectivity index (χ3v) is 11.5. The van der Waals surface area contributed by atoms with Gasteiger partial charge in [0.15, 0.2) is 6.29 Å². The van der Waals surface area contributed by atoms with Gasteiger partial charge in [0.1, 0.15) is 0 Å². The van der Waals surface area contributed by atoms with E-state index < -0.39 is 6.29 Å². The Labute approximate surface area is 343 Å². The monoisotopic (exact) mass is 776 g/mol. The van der Waals surface area contributed by atoms with Crippen LogP contribution in [0.3, 0.4) is 0 Å². The molecule has 57 heavy (non-hydrogen) atoms. The Morgan fingerprint density at radius 1 is 0.632 bits per heavy atom. The smallest absolute Gasteiger partial charge is 0.315 e. The van der Waals surface area contributed by atoms with Crippen molar-refractivity contribution in [1.82, 2.24) is 15.5 Å². The summed E-state index contributed by atoms with van der Waals surface area (Å²) in [4.78, 5) is 15.3. The van der Waals surface area contributed by atoms with Gasteiger partial charge in [-0.15, -0.1) is 0 Å². The molecular weight excluding hydrogens is 707 g/mol. The van der Waals surface area contributed by atoms with E-state index in [0.717, 1.165) is 58.6 Å². The second kappa shape index (κ2) is 24.7. The molecule has 0 aliphatic carbocycles. The molecule has 3 N–H and O–H groups in total. The first kappa shape index (κ1) is 44.1. The average Bonchev–Trinajstić information content (AvgIpc) is 3.25. The van der Waals surface area contributed by atoms with Crippen molar-refractivity contribution < 1.29 is 19.4 Å². The standard InChI is InChI=1S/C50H69N3O4/c1-4-6-8-10-12-19-33-53(34-20-13-11-9-7-5-2)37-47-39(3)48(43-27-25-41(38-54)26-28-43)57-49(56-47)44-31-29-42(30-32-44)46-24-18-17-23-45(46)36-52-50(55)51-35-40-21-15-14-16-22-40/h14-18,21-32,39,47-49,54H,4-13,19-20,33-38H2,1-3H3,(H2,51,52,55). The first-order valence-electron chi connectivity index (χ1n) is 22.0. The molecule has 4 atom stereocenters. The van der Waals surface area contributed by atoms with Crippen LogP contribution in [0.25, 0.3) is 11.1 Å². The maximum Gasteiger partial charge on any atom is 0.315 e. The molecule has 4 aromatic rings. The van der Waals surface area contributed by atoms with Crippen molar-refractivity contribution in [3.05, 3.63) is 131 Å². The van der Waals surface area contributed by atoms with Crippen LogP contribution in [0.5, 0.6) is 0 Å². The molecule has 308 valence electrons. The van der Waals surface area contributed by atoms with E-state index in [-0.39, 0.29) is 30.8 Å². The minimum Gasteiger partial charge on any atom is -0.392 e. The molecule has 1 aliphatic rings. The summed E-state index contributed by atoms with van der Waals surface area (Å²) in [5.41, 5.74) is 7.25. The van der Waals surface area contributed by atoms with Crippen molar-refractivity contribution in [3.63, 3.8) is 0 Å². The number of hydrogen-bond donors (Lipinski definition) is 3. The summed E-state index contributed by atoms with van der Waals surface area (Å²) >= 11 is 0. The summed E-state index contributed by atoms with van der Waals surface area (Å²) < 4.78 is 13.8. The van der Waals surface area contributed by atoms with Crippen LogP contribution in [-0.4, -0.2) is 41.8 Å². The first-order chi connectivity index (χ1) is 28.0. The normalized spacial score (nSPS) is 18.1. The van der Waals surface area contributed by atoms with E-state index >= 15 is 0 Å². The minimum atomic E-state index is -0.516. The van der Waals surface area contributed by atoms with E-state index in [9.17, 15) is 9.90 Å². The first-order valence-corrected chi connectivity index (χ1v) is 22.0. The van der Waals surface area contributed by atoms with Crippen LogP contribution in [-0.2, 0) is 29.2 Å². The molecule has 7 heteroatoms. The highest BCUT2D eigenvalue weighted by Gasteiger charge is 2.39. The molecule has 1 saturated heterocycles. The topological polar surface area (TPSA) is 83.1 Å². The number of nitrogens with zero attached hydrogens (tertiary/aromatic N) is 1. The third kappa shape index (κ3) is 14.4. The number of hydrogen-bond acceptors (Lipinski definition) is 5. The van der Waals surface area contributed by atoms with E-state index in [1.54, 1.807) is 0 Å². The zero-order chi connectivity index (χ0) is 40.1. The van der Waals surface area contributed by atoms with Crippen LogP contribution in [0.1, 0.15) is 138 Å². The Morgan fingerprint density at radius 2 is 1.21 bits per heavy atom. The molecule has 0 bridgehead atoms. The summed E-state index contributed by atoms with van der Waals surface area (Å²) in [6.07, 6.45) is 14.9. The fraction of sp³-hybridized carbons (Fsp3) is 0.500. The molecule has 0 spiro atoms. The van der Waals surface area contributed by atoms with Gasteiger partial charge in [0.2, 0.25) is 0 Å². The number of carbonyl (C=O) groups excluding carboxylic acids is 1. The van der Waals surface area contributed by atoms with Gasteiger partial charge in [-0.2, -0.15) is 0 Å².